The normalized spacial score (nSPS) is 21.8. The third kappa shape index (κ3) is 4.23. The van der Waals surface area contributed by atoms with E-state index in [2.05, 4.69) is 5.32 Å². The topological polar surface area (TPSA) is 58.6 Å². The fraction of sp³-hybridized carbons (Fsp3) is 0.556. The van der Waals surface area contributed by atoms with Gasteiger partial charge in [-0.1, -0.05) is 12.1 Å². The molecule has 6 heteroatoms. The maximum absolute atomic E-state index is 12.4. The Labute approximate surface area is 147 Å². The molecule has 3 rings (SSSR count). The smallest absolute Gasteiger partial charge is 0.225 e. The Kier molecular flexibility index (Phi) is 5.66. The number of likely N-dealkylation sites (tertiary alicyclic amines) is 1. The van der Waals surface area contributed by atoms with Gasteiger partial charge in [-0.05, 0) is 42.0 Å². The second kappa shape index (κ2) is 7.92. The van der Waals surface area contributed by atoms with Crippen LogP contribution in [0.4, 0.5) is 0 Å². The van der Waals surface area contributed by atoms with Crippen LogP contribution in [0, 0.1) is 5.92 Å². The van der Waals surface area contributed by atoms with Crippen molar-refractivity contribution in [1.29, 1.82) is 0 Å². The first-order valence-electron chi connectivity index (χ1n) is 8.44. The van der Waals surface area contributed by atoms with Gasteiger partial charge in [-0.2, -0.15) is 11.8 Å². The SMILES string of the molecule is COc1ccc(CN2CC(C(=O)NC3CCSCC3)CC2=O)cc1. The molecule has 1 aromatic carbocycles. The summed E-state index contributed by atoms with van der Waals surface area (Å²) in [4.78, 5) is 26.4. The molecule has 2 fully saturated rings. The van der Waals surface area contributed by atoms with Crippen LogP contribution >= 0.6 is 11.8 Å². The largest absolute Gasteiger partial charge is 0.497 e. The van der Waals surface area contributed by atoms with Crippen molar-refractivity contribution in [3.63, 3.8) is 0 Å². The Hall–Kier alpha value is -1.69. The number of nitrogens with one attached hydrogen (secondary N) is 1. The van der Waals surface area contributed by atoms with E-state index in [0.29, 0.717) is 19.5 Å². The third-order valence-electron chi connectivity index (χ3n) is 4.69. The van der Waals surface area contributed by atoms with E-state index in [0.717, 1.165) is 35.7 Å². The van der Waals surface area contributed by atoms with E-state index in [1.54, 1.807) is 12.0 Å². The van der Waals surface area contributed by atoms with E-state index < -0.39 is 0 Å². The van der Waals surface area contributed by atoms with E-state index in [4.69, 9.17) is 4.74 Å². The van der Waals surface area contributed by atoms with Crippen LogP contribution in [0.15, 0.2) is 24.3 Å². The highest BCUT2D eigenvalue weighted by molar-refractivity contribution is 7.99. The average Bonchev–Trinajstić information content (AvgIpc) is 2.97. The van der Waals surface area contributed by atoms with Gasteiger partial charge in [0.1, 0.15) is 5.75 Å². The molecule has 1 atom stereocenters. The van der Waals surface area contributed by atoms with E-state index in [9.17, 15) is 9.59 Å². The van der Waals surface area contributed by atoms with Crippen LogP contribution in [0.25, 0.3) is 0 Å². The highest BCUT2D eigenvalue weighted by atomic mass is 32.2. The van der Waals surface area contributed by atoms with Gasteiger partial charge in [-0.25, -0.2) is 0 Å². The van der Waals surface area contributed by atoms with Crippen molar-refractivity contribution in [2.75, 3.05) is 25.2 Å². The molecule has 0 spiro atoms. The Balaban J connectivity index is 1.53. The standard InChI is InChI=1S/C18H24N2O3S/c1-23-16-4-2-13(3-5-16)11-20-12-14(10-17(20)21)18(22)19-15-6-8-24-9-7-15/h2-5,14-15H,6-12H2,1H3,(H,19,22). The molecule has 2 aliphatic heterocycles. The summed E-state index contributed by atoms with van der Waals surface area (Å²) in [5.74, 6) is 2.90. The van der Waals surface area contributed by atoms with Crippen LogP contribution in [0.2, 0.25) is 0 Å². The van der Waals surface area contributed by atoms with Gasteiger partial charge in [-0.3, -0.25) is 9.59 Å². The number of ether oxygens (including phenoxy) is 1. The minimum Gasteiger partial charge on any atom is -0.497 e. The van der Waals surface area contributed by atoms with Crippen LogP contribution in [0.3, 0.4) is 0 Å². The highest BCUT2D eigenvalue weighted by Gasteiger charge is 2.35. The van der Waals surface area contributed by atoms with Gasteiger partial charge in [0.2, 0.25) is 11.8 Å². The number of carbonyl (C=O) groups is 2. The predicted octanol–water partition coefficient (Wildman–Crippen LogP) is 2.06. The monoisotopic (exact) mass is 348 g/mol. The average molecular weight is 348 g/mol. The zero-order valence-electron chi connectivity index (χ0n) is 14.0. The lowest BCUT2D eigenvalue weighted by molar-refractivity contribution is -0.129. The second-order valence-corrected chi connectivity index (χ2v) is 7.64. The summed E-state index contributed by atoms with van der Waals surface area (Å²) >= 11 is 1.94. The first-order chi connectivity index (χ1) is 11.7. The molecule has 0 aromatic heterocycles. The molecule has 5 nitrogen and oxygen atoms in total. The first-order valence-corrected chi connectivity index (χ1v) is 9.60. The Morgan fingerprint density at radius 2 is 2.00 bits per heavy atom. The van der Waals surface area contributed by atoms with Gasteiger partial charge in [0.15, 0.2) is 0 Å². The summed E-state index contributed by atoms with van der Waals surface area (Å²) in [5, 5.41) is 3.13. The predicted molar refractivity (Wildman–Crippen MR) is 95.0 cm³/mol. The van der Waals surface area contributed by atoms with E-state index in [1.165, 1.54) is 0 Å². The Morgan fingerprint density at radius 3 is 2.67 bits per heavy atom. The van der Waals surface area contributed by atoms with Crippen molar-refractivity contribution in [1.82, 2.24) is 10.2 Å². The zero-order valence-corrected chi connectivity index (χ0v) is 14.8. The van der Waals surface area contributed by atoms with Gasteiger partial charge in [0, 0.05) is 25.6 Å². The van der Waals surface area contributed by atoms with Crippen molar-refractivity contribution >= 4 is 23.6 Å². The number of benzene rings is 1. The Morgan fingerprint density at radius 1 is 1.29 bits per heavy atom. The Bertz CT molecular complexity index is 584. The summed E-state index contributed by atoms with van der Waals surface area (Å²) < 4.78 is 5.15. The van der Waals surface area contributed by atoms with Crippen LogP contribution < -0.4 is 10.1 Å². The van der Waals surface area contributed by atoms with Crippen molar-refractivity contribution in [2.24, 2.45) is 5.92 Å². The number of amides is 2. The molecule has 1 aromatic rings. The summed E-state index contributed by atoms with van der Waals surface area (Å²) in [6, 6.07) is 7.98. The quantitative estimate of drug-likeness (QED) is 0.885. The van der Waals surface area contributed by atoms with Gasteiger partial charge in [-0.15, -0.1) is 0 Å². The molecule has 0 saturated carbocycles. The minimum absolute atomic E-state index is 0.0393. The second-order valence-electron chi connectivity index (χ2n) is 6.42. The molecule has 130 valence electrons. The zero-order chi connectivity index (χ0) is 16.9. The van der Waals surface area contributed by atoms with Crippen molar-refractivity contribution in [3.05, 3.63) is 29.8 Å². The number of rotatable bonds is 5. The molecule has 0 aliphatic carbocycles. The van der Waals surface area contributed by atoms with Crippen LogP contribution in [0.1, 0.15) is 24.8 Å². The molecule has 1 unspecified atom stereocenters. The van der Waals surface area contributed by atoms with Crippen LogP contribution in [-0.4, -0.2) is 47.9 Å². The van der Waals surface area contributed by atoms with Crippen molar-refractivity contribution < 1.29 is 14.3 Å². The number of methoxy groups -OCH3 is 1. The van der Waals surface area contributed by atoms with Gasteiger partial charge in [0.25, 0.3) is 0 Å². The van der Waals surface area contributed by atoms with Crippen LogP contribution in [-0.2, 0) is 16.1 Å². The lowest BCUT2D eigenvalue weighted by Crippen LogP contribution is -2.41. The van der Waals surface area contributed by atoms with E-state index in [-0.39, 0.29) is 23.8 Å². The maximum Gasteiger partial charge on any atom is 0.225 e. The lowest BCUT2D eigenvalue weighted by atomic mass is 10.1. The molecule has 2 amide bonds. The first kappa shape index (κ1) is 17.1. The van der Waals surface area contributed by atoms with Crippen molar-refractivity contribution in [3.8, 4) is 5.75 Å². The van der Waals surface area contributed by atoms with E-state index in [1.807, 2.05) is 36.0 Å². The molecule has 24 heavy (non-hydrogen) atoms. The number of hydrogen-bond acceptors (Lipinski definition) is 4. The number of nitrogens with zero attached hydrogens (tertiary/aromatic N) is 1. The molecule has 2 heterocycles. The number of hydrogen-bond donors (Lipinski definition) is 1. The van der Waals surface area contributed by atoms with Gasteiger partial charge >= 0.3 is 0 Å². The third-order valence-corrected chi connectivity index (χ3v) is 5.73. The molecule has 0 bridgehead atoms. The molecular formula is C18H24N2O3S. The van der Waals surface area contributed by atoms with Gasteiger partial charge < -0.3 is 15.0 Å². The number of carbonyl (C=O) groups excluding carboxylic acids is 2. The van der Waals surface area contributed by atoms with Crippen molar-refractivity contribution in [2.45, 2.75) is 31.8 Å². The maximum atomic E-state index is 12.4. The summed E-state index contributed by atoms with van der Waals surface area (Å²) in [5.41, 5.74) is 1.05. The molecule has 2 aliphatic rings. The minimum atomic E-state index is -0.217. The summed E-state index contributed by atoms with van der Waals surface area (Å²) in [6.45, 7) is 1.06. The fourth-order valence-electron chi connectivity index (χ4n) is 3.21. The fourth-order valence-corrected chi connectivity index (χ4v) is 4.32. The molecule has 0 radical (unpaired) electrons. The summed E-state index contributed by atoms with van der Waals surface area (Å²) in [7, 11) is 1.63. The highest BCUT2D eigenvalue weighted by Crippen LogP contribution is 2.23. The summed E-state index contributed by atoms with van der Waals surface area (Å²) in [6.07, 6.45) is 2.39. The molecule has 1 N–H and O–H groups in total. The van der Waals surface area contributed by atoms with Gasteiger partial charge in [0.05, 0.1) is 13.0 Å². The van der Waals surface area contributed by atoms with E-state index >= 15 is 0 Å². The number of thioether (sulfide) groups is 1. The molecular weight excluding hydrogens is 324 g/mol. The van der Waals surface area contributed by atoms with Crippen LogP contribution in [0.5, 0.6) is 5.75 Å². The lowest BCUT2D eigenvalue weighted by Gasteiger charge is -2.24. The molecule has 2 saturated heterocycles.